The number of hydrogen-bond acceptors (Lipinski definition) is 5. The number of benzene rings is 3. The Labute approximate surface area is 208 Å². The molecule has 3 atom stereocenters. The Bertz CT molecular complexity index is 1480. The number of ether oxygens (including phenoxy) is 1. The summed E-state index contributed by atoms with van der Waals surface area (Å²) in [5.41, 5.74) is -2.07. The van der Waals surface area contributed by atoms with Crippen LogP contribution in [-0.4, -0.2) is 29.0 Å². The average Bonchev–Trinajstić information content (AvgIpc) is 3.44. The lowest BCUT2D eigenvalue weighted by Gasteiger charge is -2.27. The molecule has 6 nitrogen and oxygen atoms in total. The maximum Gasteiger partial charge on any atom is 0.416 e. The lowest BCUT2D eigenvalue weighted by atomic mass is 9.77. The van der Waals surface area contributed by atoms with Crippen molar-refractivity contribution in [2.24, 2.45) is 11.8 Å². The second-order valence-corrected chi connectivity index (χ2v) is 9.45. The van der Waals surface area contributed by atoms with E-state index in [1.54, 1.807) is 36.4 Å². The third kappa shape index (κ3) is 3.10. The summed E-state index contributed by atoms with van der Waals surface area (Å²) in [5, 5.41) is 0. The summed E-state index contributed by atoms with van der Waals surface area (Å²) in [7, 11) is 0. The highest BCUT2D eigenvalue weighted by Gasteiger charge is 2.74. The van der Waals surface area contributed by atoms with Crippen molar-refractivity contribution in [1.29, 1.82) is 0 Å². The number of carbonyl (C=O) groups is 4. The van der Waals surface area contributed by atoms with Gasteiger partial charge in [0.05, 0.1) is 29.2 Å². The van der Waals surface area contributed by atoms with Gasteiger partial charge in [0.1, 0.15) is 0 Å². The molecule has 0 N–H and O–H groups in total. The van der Waals surface area contributed by atoms with Gasteiger partial charge in [-0.25, -0.2) is 4.90 Å². The number of nitrogens with zero attached hydrogens (tertiary/aromatic N) is 1. The van der Waals surface area contributed by atoms with E-state index in [0.717, 1.165) is 17.7 Å². The number of amides is 2. The van der Waals surface area contributed by atoms with Gasteiger partial charge in [0.2, 0.25) is 29.0 Å². The molecule has 2 fully saturated rings. The molecule has 6 rings (SSSR count). The van der Waals surface area contributed by atoms with E-state index in [1.165, 1.54) is 18.2 Å². The van der Waals surface area contributed by atoms with E-state index >= 15 is 0 Å². The van der Waals surface area contributed by atoms with Gasteiger partial charge < -0.3 is 4.74 Å². The topological polar surface area (TPSA) is 80.8 Å². The first-order valence-electron chi connectivity index (χ1n) is 11.5. The van der Waals surface area contributed by atoms with Crippen molar-refractivity contribution in [2.45, 2.75) is 24.8 Å². The molecule has 9 heteroatoms. The number of halogens is 3. The molecule has 2 aliphatic heterocycles. The summed E-state index contributed by atoms with van der Waals surface area (Å²) in [4.78, 5) is 55.7. The van der Waals surface area contributed by atoms with Crippen molar-refractivity contribution in [3.05, 3.63) is 101 Å². The van der Waals surface area contributed by atoms with Gasteiger partial charge >= 0.3 is 6.18 Å². The maximum absolute atomic E-state index is 13.8. The molecule has 0 aromatic heterocycles. The first-order valence-corrected chi connectivity index (χ1v) is 11.5. The van der Waals surface area contributed by atoms with Crippen molar-refractivity contribution >= 4 is 29.1 Å². The Hall–Kier alpha value is -4.11. The molecule has 37 heavy (non-hydrogen) atoms. The van der Waals surface area contributed by atoms with Gasteiger partial charge in [-0.15, -0.1) is 0 Å². The van der Waals surface area contributed by atoms with Gasteiger partial charge in [-0.3, -0.25) is 19.2 Å². The molecule has 0 bridgehead atoms. The van der Waals surface area contributed by atoms with Gasteiger partial charge in [-0.1, -0.05) is 60.2 Å². The van der Waals surface area contributed by atoms with Crippen LogP contribution in [0.3, 0.4) is 0 Å². The van der Waals surface area contributed by atoms with Gasteiger partial charge in [-0.05, 0) is 30.7 Å². The van der Waals surface area contributed by atoms with Gasteiger partial charge in [-0.2, -0.15) is 13.2 Å². The molecule has 0 saturated carbocycles. The maximum atomic E-state index is 13.8. The summed E-state index contributed by atoms with van der Waals surface area (Å²) < 4.78 is 46.3. The van der Waals surface area contributed by atoms with Crippen LogP contribution in [0.25, 0.3) is 0 Å². The summed E-state index contributed by atoms with van der Waals surface area (Å²) in [5.74, 6) is -6.05. The minimum absolute atomic E-state index is 0.0774. The molecular weight excluding hydrogens is 487 g/mol. The van der Waals surface area contributed by atoms with Crippen LogP contribution in [-0.2, 0) is 20.5 Å². The van der Waals surface area contributed by atoms with Crippen molar-refractivity contribution in [3.63, 3.8) is 0 Å². The van der Waals surface area contributed by atoms with E-state index in [1.807, 2.05) is 6.92 Å². The van der Waals surface area contributed by atoms with Crippen LogP contribution in [0.5, 0.6) is 0 Å². The average molecular weight is 505 g/mol. The van der Waals surface area contributed by atoms with Crippen LogP contribution in [0, 0.1) is 18.8 Å². The number of anilines is 1. The summed E-state index contributed by atoms with van der Waals surface area (Å²) >= 11 is 0. The highest BCUT2D eigenvalue weighted by molar-refractivity contribution is 6.37. The Balaban J connectivity index is 1.53. The lowest BCUT2D eigenvalue weighted by molar-refractivity contribution is -0.137. The van der Waals surface area contributed by atoms with E-state index in [9.17, 15) is 32.3 Å². The number of rotatable bonds is 2. The molecule has 0 unspecified atom stereocenters. The second-order valence-electron chi connectivity index (χ2n) is 9.45. The molecule has 3 aromatic carbocycles. The largest absolute Gasteiger partial charge is 0.416 e. The van der Waals surface area contributed by atoms with E-state index in [-0.39, 0.29) is 16.8 Å². The normalized spacial score (nSPS) is 24.2. The third-order valence-corrected chi connectivity index (χ3v) is 7.36. The van der Waals surface area contributed by atoms with Crippen LogP contribution < -0.4 is 4.90 Å². The molecule has 2 saturated heterocycles. The zero-order valence-corrected chi connectivity index (χ0v) is 19.3. The predicted molar refractivity (Wildman–Crippen MR) is 124 cm³/mol. The number of ketones is 2. The standard InChI is InChI=1S/C28H18F3NO5/c1-14-9-11-15(12-10-14)22-20-21(27(37-22)23(33)18-7-2-3-8-19(18)24(27)34)26(36)32(25(20)35)17-6-4-5-16(13-17)28(29,30)31/h2-13,20-22H,1H3/t20-,21-,22-/m1/s1. The first-order chi connectivity index (χ1) is 17.6. The van der Waals surface area contributed by atoms with Crippen LogP contribution in [0.15, 0.2) is 72.8 Å². The first kappa shape index (κ1) is 23.3. The SMILES string of the molecule is Cc1ccc([C@H]2OC3(C(=O)c4ccccc4C3=O)[C@H]3C(=O)N(c4cccc(C(F)(F)F)c4)C(=O)[C@@H]23)cc1. The smallest absolute Gasteiger partial charge is 0.349 e. The molecule has 3 aliphatic rings. The highest BCUT2D eigenvalue weighted by atomic mass is 19.4. The Morgan fingerprint density at radius 1 is 0.811 bits per heavy atom. The Morgan fingerprint density at radius 3 is 2.03 bits per heavy atom. The number of imide groups is 1. The molecule has 0 radical (unpaired) electrons. The number of aryl methyl sites for hydroxylation is 1. The van der Waals surface area contributed by atoms with Crippen LogP contribution >= 0.6 is 0 Å². The molecule has 2 heterocycles. The van der Waals surface area contributed by atoms with Crippen LogP contribution in [0.4, 0.5) is 18.9 Å². The number of carbonyl (C=O) groups excluding carboxylic acids is 4. The van der Waals surface area contributed by atoms with Crippen molar-refractivity contribution in [1.82, 2.24) is 0 Å². The molecule has 186 valence electrons. The lowest BCUT2D eigenvalue weighted by Crippen LogP contribution is -2.51. The summed E-state index contributed by atoms with van der Waals surface area (Å²) in [6.45, 7) is 1.85. The number of hydrogen-bond donors (Lipinski definition) is 0. The van der Waals surface area contributed by atoms with Crippen molar-refractivity contribution in [2.75, 3.05) is 4.90 Å². The summed E-state index contributed by atoms with van der Waals surface area (Å²) in [6, 6.07) is 16.8. The fourth-order valence-corrected chi connectivity index (χ4v) is 5.65. The highest BCUT2D eigenvalue weighted by Crippen LogP contribution is 2.57. The third-order valence-electron chi connectivity index (χ3n) is 7.36. The second kappa shape index (κ2) is 7.69. The van der Waals surface area contributed by atoms with E-state index in [0.29, 0.717) is 16.5 Å². The van der Waals surface area contributed by atoms with E-state index in [4.69, 9.17) is 4.74 Å². The Morgan fingerprint density at radius 2 is 1.43 bits per heavy atom. The molecular formula is C28H18F3NO5. The van der Waals surface area contributed by atoms with Crippen molar-refractivity contribution < 1.29 is 37.1 Å². The fourth-order valence-electron chi connectivity index (χ4n) is 5.65. The predicted octanol–water partition coefficient (Wildman–Crippen LogP) is 4.71. The molecule has 1 aliphatic carbocycles. The van der Waals surface area contributed by atoms with Gasteiger partial charge in [0.25, 0.3) is 0 Å². The van der Waals surface area contributed by atoms with Crippen LogP contribution in [0.2, 0.25) is 0 Å². The molecule has 2 amide bonds. The quantitative estimate of drug-likeness (QED) is 0.372. The van der Waals surface area contributed by atoms with Crippen molar-refractivity contribution in [3.8, 4) is 0 Å². The fraction of sp³-hybridized carbons (Fsp3) is 0.214. The minimum Gasteiger partial charge on any atom is -0.349 e. The summed E-state index contributed by atoms with van der Waals surface area (Å²) in [6.07, 6.45) is -5.84. The zero-order chi connectivity index (χ0) is 26.3. The number of Topliss-reactive ketones (excluding diaryl/α,β-unsaturated/α-hetero) is 2. The molecule has 1 spiro atoms. The monoisotopic (exact) mass is 505 g/mol. The zero-order valence-electron chi connectivity index (χ0n) is 19.3. The van der Waals surface area contributed by atoms with E-state index < -0.39 is 58.7 Å². The van der Waals surface area contributed by atoms with E-state index in [2.05, 4.69) is 0 Å². The van der Waals surface area contributed by atoms with Gasteiger partial charge in [0.15, 0.2) is 0 Å². The number of alkyl halides is 3. The van der Waals surface area contributed by atoms with Crippen LogP contribution in [0.1, 0.15) is 43.5 Å². The minimum atomic E-state index is -4.70. The Kier molecular flexibility index (Phi) is 4.84. The number of fused-ring (bicyclic) bond motifs is 3. The molecule has 3 aromatic rings. The van der Waals surface area contributed by atoms with Gasteiger partial charge in [0, 0.05) is 11.1 Å².